The van der Waals surface area contributed by atoms with Crippen molar-refractivity contribution in [1.82, 2.24) is 4.72 Å². The summed E-state index contributed by atoms with van der Waals surface area (Å²) in [6.07, 6.45) is 1.96. The third-order valence-corrected chi connectivity index (χ3v) is 5.38. The first-order valence-corrected chi connectivity index (χ1v) is 9.29. The molecule has 0 fully saturated rings. The molecule has 2 nitrogen and oxygen atoms in total. The molecule has 0 amide bonds. The summed E-state index contributed by atoms with van der Waals surface area (Å²) in [5.74, 6) is 1.00. The molecule has 1 N–H and O–H groups in total. The highest BCUT2D eigenvalue weighted by Crippen LogP contribution is 2.24. The van der Waals surface area contributed by atoms with Crippen LogP contribution in [0.15, 0.2) is 28.7 Å². The molecule has 0 aliphatic carbocycles. The van der Waals surface area contributed by atoms with E-state index >= 15 is 0 Å². The second kappa shape index (κ2) is 8.64. The Morgan fingerprint density at radius 2 is 1.90 bits per heavy atom. The van der Waals surface area contributed by atoms with Crippen LogP contribution in [0.5, 0.6) is 0 Å². The maximum Gasteiger partial charge on any atom is 0.136 e. The van der Waals surface area contributed by atoms with Gasteiger partial charge in [0.1, 0.15) is 4.75 Å². The highest BCUT2D eigenvalue weighted by Gasteiger charge is 2.27. The lowest BCUT2D eigenvalue weighted by Gasteiger charge is -2.26. The maximum absolute atomic E-state index is 12.1. The number of benzene rings is 1. The van der Waals surface area contributed by atoms with Gasteiger partial charge in [-0.15, -0.1) is 16.3 Å². The van der Waals surface area contributed by atoms with E-state index in [4.69, 9.17) is 11.6 Å². The topological polar surface area (TPSA) is 35.1 Å². The van der Waals surface area contributed by atoms with Gasteiger partial charge >= 0.3 is 0 Å². The number of alkyl halides is 1. The molecule has 0 saturated carbocycles. The Hall–Kier alpha value is 0.260. The lowest BCUT2D eigenvalue weighted by atomic mass is 9.95. The fourth-order valence-electron chi connectivity index (χ4n) is 1.84. The number of nitrogens with one attached hydrogen (secondary N) is 1. The number of rotatable bonds is 7. The summed E-state index contributed by atoms with van der Waals surface area (Å²) in [6.45, 7) is 6.64. The summed E-state index contributed by atoms with van der Waals surface area (Å²) in [5.41, 5.74) is 1.26. The first kappa shape index (κ1) is 18.3. The second-order valence-corrected chi connectivity index (χ2v) is 9.15. The number of hydrogen-bond acceptors (Lipinski definition) is 2. The molecule has 1 unspecified atom stereocenters. The quantitative estimate of drug-likeness (QED) is 0.554. The van der Waals surface area contributed by atoms with Crippen LogP contribution < -0.4 is 4.72 Å². The van der Waals surface area contributed by atoms with Gasteiger partial charge in [0.05, 0.1) is 0 Å². The van der Waals surface area contributed by atoms with Crippen LogP contribution >= 0.6 is 27.5 Å². The number of halogens is 2. The van der Waals surface area contributed by atoms with Gasteiger partial charge in [-0.05, 0) is 51.3 Å². The average Bonchev–Trinajstić information content (AvgIpc) is 2.39. The highest BCUT2D eigenvalue weighted by molar-refractivity contribution is 9.10. The molecule has 1 aromatic carbocycles. The maximum atomic E-state index is 12.1. The van der Waals surface area contributed by atoms with Crippen molar-refractivity contribution in [1.29, 1.82) is 0 Å². The van der Waals surface area contributed by atoms with Crippen LogP contribution in [0.4, 0.5) is 0 Å². The fraction of sp³-hybridized carbons (Fsp3) is 0.600. The van der Waals surface area contributed by atoms with Crippen LogP contribution in [0, 0.1) is 0 Å². The Balaban J connectivity index is 2.67. The third-order valence-electron chi connectivity index (χ3n) is 3.04. The molecule has 0 heterocycles. The van der Waals surface area contributed by atoms with Gasteiger partial charge in [0.25, 0.3) is 0 Å². The monoisotopic (exact) mass is 379 g/mol. The Bertz CT molecular complexity index is 394. The van der Waals surface area contributed by atoms with Crippen molar-refractivity contribution in [2.45, 2.75) is 44.3 Å². The highest BCUT2D eigenvalue weighted by atomic mass is 79.9. The average molecular weight is 381 g/mol. The van der Waals surface area contributed by atoms with E-state index in [1.54, 1.807) is 0 Å². The van der Waals surface area contributed by atoms with Gasteiger partial charge in [0, 0.05) is 34.2 Å². The summed E-state index contributed by atoms with van der Waals surface area (Å²) >= 11 is 8.22. The lowest BCUT2D eigenvalue weighted by Crippen LogP contribution is -2.41. The Morgan fingerprint density at radius 1 is 1.30 bits per heavy atom. The minimum absolute atomic E-state index is 0.239. The van der Waals surface area contributed by atoms with Crippen molar-refractivity contribution < 1.29 is 4.55 Å². The van der Waals surface area contributed by atoms with Crippen LogP contribution in [0.1, 0.15) is 45.1 Å². The van der Waals surface area contributed by atoms with Crippen LogP contribution in [0.25, 0.3) is 0 Å². The smallest absolute Gasteiger partial charge is 0.136 e. The van der Waals surface area contributed by atoms with Crippen molar-refractivity contribution in [2.75, 3.05) is 12.4 Å². The fourth-order valence-corrected chi connectivity index (χ4v) is 3.04. The molecule has 0 aromatic heterocycles. The number of hydrogen-bond donors (Lipinski definition) is 1. The summed E-state index contributed by atoms with van der Waals surface area (Å²) in [6, 6.07) is 8.32. The van der Waals surface area contributed by atoms with Gasteiger partial charge in [0.2, 0.25) is 0 Å². The largest absolute Gasteiger partial charge is 0.598 e. The van der Waals surface area contributed by atoms with Crippen LogP contribution in [0.2, 0.25) is 0 Å². The summed E-state index contributed by atoms with van der Waals surface area (Å²) in [4.78, 5) is 0. The minimum Gasteiger partial charge on any atom is -0.598 e. The lowest BCUT2D eigenvalue weighted by molar-refractivity contribution is 0.528. The van der Waals surface area contributed by atoms with Crippen molar-refractivity contribution in [2.24, 2.45) is 0 Å². The predicted octanol–water partition coefficient (Wildman–Crippen LogP) is 4.60. The zero-order valence-corrected chi connectivity index (χ0v) is 15.4. The molecule has 20 heavy (non-hydrogen) atoms. The molecule has 0 aliphatic rings. The van der Waals surface area contributed by atoms with Gasteiger partial charge in [0.15, 0.2) is 0 Å². The zero-order chi connectivity index (χ0) is 15.2. The van der Waals surface area contributed by atoms with Gasteiger partial charge in [-0.25, -0.2) is 0 Å². The first-order valence-electron chi connectivity index (χ1n) is 6.81. The van der Waals surface area contributed by atoms with E-state index < -0.39 is 11.4 Å². The standard InChI is InChI=1S/C15H23BrClNOS/c1-15(2,3)20(19)18-11-13(5-4-10-17)12-6-8-14(16)9-7-12/h6-9,13,18H,4-5,10-11H2,1-3H3/t13-,20?/m1/s1. The van der Waals surface area contributed by atoms with Crippen molar-refractivity contribution >= 4 is 38.9 Å². The van der Waals surface area contributed by atoms with Crippen molar-refractivity contribution in [3.63, 3.8) is 0 Å². The molecule has 114 valence electrons. The Kier molecular flexibility index (Phi) is 7.91. The van der Waals surface area contributed by atoms with E-state index in [0.29, 0.717) is 18.3 Å². The molecule has 2 atom stereocenters. The molecular formula is C15H23BrClNOS. The first-order chi connectivity index (χ1) is 9.34. The summed E-state index contributed by atoms with van der Waals surface area (Å²) < 4.78 is 16.1. The van der Waals surface area contributed by atoms with Gasteiger partial charge in [-0.3, -0.25) is 0 Å². The Morgan fingerprint density at radius 3 is 2.40 bits per heavy atom. The van der Waals surface area contributed by atoms with Crippen LogP contribution in [0.3, 0.4) is 0 Å². The molecule has 0 aliphatic heterocycles. The van der Waals surface area contributed by atoms with Crippen molar-refractivity contribution in [3.05, 3.63) is 34.3 Å². The van der Waals surface area contributed by atoms with E-state index in [1.807, 2.05) is 32.9 Å². The molecular weight excluding hydrogens is 358 g/mol. The second-order valence-electron chi connectivity index (χ2n) is 5.81. The third kappa shape index (κ3) is 6.35. The van der Waals surface area contributed by atoms with Gasteiger partial charge in [-0.2, -0.15) is 0 Å². The predicted molar refractivity (Wildman–Crippen MR) is 92.7 cm³/mol. The van der Waals surface area contributed by atoms with E-state index in [-0.39, 0.29) is 4.75 Å². The molecule has 0 saturated heterocycles. The Labute approximate surface area is 139 Å². The molecule has 5 heteroatoms. The van der Waals surface area contributed by atoms with Gasteiger partial charge in [-0.1, -0.05) is 28.1 Å². The summed E-state index contributed by atoms with van der Waals surface area (Å²) in [5, 5.41) is 0. The SMILES string of the molecule is CC(C)(C)[S+]([O-])NC[C@@H](CCCCl)c1ccc(Br)cc1. The minimum atomic E-state index is -1.03. The van der Waals surface area contributed by atoms with E-state index in [9.17, 15) is 4.55 Å². The zero-order valence-electron chi connectivity index (χ0n) is 12.3. The van der Waals surface area contributed by atoms with Crippen LogP contribution in [-0.4, -0.2) is 21.7 Å². The molecule has 1 aromatic rings. The van der Waals surface area contributed by atoms with Crippen LogP contribution in [-0.2, 0) is 11.4 Å². The van der Waals surface area contributed by atoms with E-state index in [0.717, 1.165) is 17.3 Å². The van der Waals surface area contributed by atoms with Gasteiger partial charge < -0.3 is 4.55 Å². The summed E-state index contributed by atoms with van der Waals surface area (Å²) in [7, 11) is 0. The normalized spacial score (nSPS) is 15.1. The molecule has 1 rings (SSSR count). The van der Waals surface area contributed by atoms with Crippen molar-refractivity contribution in [3.8, 4) is 0 Å². The molecule has 0 radical (unpaired) electrons. The van der Waals surface area contributed by atoms with E-state index in [1.165, 1.54) is 5.56 Å². The van der Waals surface area contributed by atoms with E-state index in [2.05, 4.69) is 32.8 Å². The molecule has 0 spiro atoms. The molecule has 0 bridgehead atoms.